The molecule has 0 aliphatic carbocycles. The lowest BCUT2D eigenvalue weighted by Gasteiger charge is -1.86. The molecular formula is C24H32O2. The molecule has 0 unspecified atom stereocenters. The van der Waals surface area contributed by atoms with E-state index in [1.807, 2.05) is 18.2 Å². The van der Waals surface area contributed by atoms with Gasteiger partial charge in [-0.15, -0.1) is 0 Å². The quantitative estimate of drug-likeness (QED) is 0.257. The topological polar surface area (TPSA) is 37.3 Å². The summed E-state index contributed by atoms with van der Waals surface area (Å²) in [4.78, 5) is 10.3. The van der Waals surface area contributed by atoms with Gasteiger partial charge in [0, 0.05) is 0 Å². The molecule has 0 spiro atoms. The molecule has 0 bridgehead atoms. The Hall–Kier alpha value is -2.61. The van der Waals surface area contributed by atoms with E-state index in [1.165, 1.54) is 0 Å². The van der Waals surface area contributed by atoms with Crippen LogP contribution in [0, 0.1) is 0 Å². The van der Waals surface area contributed by atoms with E-state index < -0.39 is 5.97 Å². The van der Waals surface area contributed by atoms with Crippen molar-refractivity contribution in [2.75, 3.05) is 0 Å². The van der Waals surface area contributed by atoms with Gasteiger partial charge in [-0.25, -0.2) is 0 Å². The molecule has 0 aromatic rings. The monoisotopic (exact) mass is 352 g/mol. The number of hydrogen-bond donors (Lipinski definition) is 1. The molecule has 0 heterocycles. The van der Waals surface area contributed by atoms with E-state index in [9.17, 15) is 4.79 Å². The van der Waals surface area contributed by atoms with Crippen molar-refractivity contribution < 1.29 is 9.90 Å². The number of allylic oxidation sites excluding steroid dienone is 14. The van der Waals surface area contributed by atoms with Gasteiger partial charge in [0.1, 0.15) is 0 Å². The van der Waals surface area contributed by atoms with E-state index in [4.69, 9.17) is 5.11 Å². The van der Waals surface area contributed by atoms with E-state index >= 15 is 0 Å². The molecule has 0 aliphatic rings. The van der Waals surface area contributed by atoms with E-state index in [-0.39, 0.29) is 6.42 Å². The zero-order chi connectivity index (χ0) is 19.1. The van der Waals surface area contributed by atoms with Crippen molar-refractivity contribution in [3.8, 4) is 0 Å². The van der Waals surface area contributed by atoms with E-state index in [0.717, 1.165) is 38.5 Å². The van der Waals surface area contributed by atoms with Gasteiger partial charge in [0.15, 0.2) is 0 Å². The summed E-state index contributed by atoms with van der Waals surface area (Å²) in [5.41, 5.74) is 0. The number of hydrogen-bond acceptors (Lipinski definition) is 1. The van der Waals surface area contributed by atoms with E-state index in [1.54, 1.807) is 12.2 Å². The Bertz CT molecular complexity index is 555. The highest BCUT2D eigenvalue weighted by molar-refractivity contribution is 5.68. The Balaban J connectivity index is 3.56. The third-order valence-electron chi connectivity index (χ3n) is 3.20. The van der Waals surface area contributed by atoms with Crippen LogP contribution in [-0.2, 0) is 4.79 Å². The number of carboxylic acid groups (broad SMARTS) is 1. The zero-order valence-corrected chi connectivity index (χ0v) is 15.7. The predicted molar refractivity (Wildman–Crippen MR) is 114 cm³/mol. The highest BCUT2D eigenvalue weighted by Crippen LogP contribution is 1.97. The van der Waals surface area contributed by atoms with Gasteiger partial charge in [-0.1, -0.05) is 97.7 Å². The van der Waals surface area contributed by atoms with Crippen molar-refractivity contribution in [3.63, 3.8) is 0 Å². The summed E-state index contributed by atoms with van der Waals surface area (Å²) in [5.74, 6) is -0.791. The normalized spacial score (nSPS) is 13.1. The van der Waals surface area contributed by atoms with Gasteiger partial charge in [0.2, 0.25) is 0 Å². The van der Waals surface area contributed by atoms with Crippen LogP contribution in [0.15, 0.2) is 97.7 Å². The molecule has 0 atom stereocenters. The second-order valence-electron chi connectivity index (χ2n) is 5.50. The third kappa shape index (κ3) is 21.4. The van der Waals surface area contributed by atoms with Crippen LogP contribution in [0.4, 0.5) is 0 Å². The van der Waals surface area contributed by atoms with Crippen molar-refractivity contribution in [2.24, 2.45) is 0 Å². The summed E-state index contributed by atoms with van der Waals surface area (Å²) in [5, 5.41) is 8.48. The minimum absolute atomic E-state index is 0.0969. The predicted octanol–water partition coefficient (Wildman–Crippen LogP) is 6.88. The minimum atomic E-state index is -0.791. The van der Waals surface area contributed by atoms with Gasteiger partial charge in [0.25, 0.3) is 0 Å². The highest BCUT2D eigenvalue weighted by atomic mass is 16.4. The molecule has 2 heteroatoms. The fourth-order valence-corrected chi connectivity index (χ4v) is 1.89. The number of aliphatic carboxylic acids is 1. The van der Waals surface area contributed by atoms with Crippen LogP contribution in [0.25, 0.3) is 0 Å². The molecule has 140 valence electrons. The Morgan fingerprint density at radius 3 is 1.19 bits per heavy atom. The molecule has 0 amide bonds. The molecule has 0 aromatic heterocycles. The smallest absolute Gasteiger partial charge is 0.307 e. The maximum atomic E-state index is 10.3. The maximum absolute atomic E-state index is 10.3. The first-order chi connectivity index (χ1) is 12.8. The number of carboxylic acids is 1. The Labute approximate surface area is 159 Å². The molecular weight excluding hydrogens is 320 g/mol. The zero-order valence-electron chi connectivity index (χ0n) is 15.7. The van der Waals surface area contributed by atoms with Gasteiger partial charge >= 0.3 is 5.97 Å². The molecule has 2 nitrogen and oxygen atoms in total. The average Bonchev–Trinajstić information content (AvgIpc) is 2.62. The first kappa shape index (κ1) is 23.4. The van der Waals surface area contributed by atoms with Crippen LogP contribution in [-0.4, -0.2) is 11.1 Å². The summed E-state index contributed by atoms with van der Waals surface area (Å²) < 4.78 is 0. The van der Waals surface area contributed by atoms with Crippen molar-refractivity contribution >= 4 is 5.97 Å². The van der Waals surface area contributed by atoms with Crippen LogP contribution in [0.3, 0.4) is 0 Å². The van der Waals surface area contributed by atoms with Crippen LogP contribution >= 0.6 is 0 Å². The van der Waals surface area contributed by atoms with Gasteiger partial charge < -0.3 is 5.11 Å². The second-order valence-corrected chi connectivity index (χ2v) is 5.50. The first-order valence-corrected chi connectivity index (χ1v) is 9.16. The van der Waals surface area contributed by atoms with Crippen LogP contribution < -0.4 is 0 Å². The molecule has 0 radical (unpaired) electrons. The molecule has 0 saturated heterocycles. The van der Waals surface area contributed by atoms with E-state index in [2.05, 4.69) is 67.3 Å². The molecule has 0 rings (SSSR count). The van der Waals surface area contributed by atoms with Crippen molar-refractivity contribution in [1.82, 2.24) is 0 Å². The lowest BCUT2D eigenvalue weighted by atomic mass is 10.2. The fraction of sp³-hybridized carbons (Fsp3) is 0.292. The molecule has 0 saturated carbocycles. The largest absolute Gasteiger partial charge is 0.481 e. The molecule has 0 fully saturated rings. The molecule has 1 N–H and O–H groups in total. The minimum Gasteiger partial charge on any atom is -0.481 e. The summed E-state index contributed by atoms with van der Waals surface area (Å²) in [6, 6.07) is 0. The highest BCUT2D eigenvalue weighted by Gasteiger charge is 1.87. The number of carbonyl (C=O) groups is 1. The second kappa shape index (κ2) is 20.4. The van der Waals surface area contributed by atoms with Crippen molar-refractivity contribution in [2.45, 2.75) is 44.9 Å². The lowest BCUT2D eigenvalue weighted by molar-refractivity contribution is -0.136. The SMILES string of the molecule is C=C/C=C\C/C=C\C/C=C\C/C=C\C/C=C\C/C=C\C/C=C\CC(=O)O. The molecule has 0 aliphatic heterocycles. The van der Waals surface area contributed by atoms with Gasteiger partial charge in [0.05, 0.1) is 6.42 Å². The Morgan fingerprint density at radius 1 is 0.577 bits per heavy atom. The maximum Gasteiger partial charge on any atom is 0.307 e. The summed E-state index contributed by atoms with van der Waals surface area (Å²) in [7, 11) is 0. The summed E-state index contributed by atoms with van der Waals surface area (Å²) in [6.45, 7) is 3.63. The summed E-state index contributed by atoms with van der Waals surface area (Å²) in [6.07, 6.45) is 36.5. The van der Waals surface area contributed by atoms with Crippen LogP contribution in [0.5, 0.6) is 0 Å². The standard InChI is InChI=1S/C24H32O2/c1-2-3-4-5-6-7-8-9-10-11-12-13-14-15-16-17-18-19-20-21-22-23-24(25)26/h2-4,6-7,9-10,12-13,15-16,18-19,21-22H,1,5,8,11,14,17,20,23H2,(H,25,26)/b4-3-,7-6-,10-9-,13-12-,16-15-,19-18-,22-21-. The third-order valence-corrected chi connectivity index (χ3v) is 3.20. The van der Waals surface area contributed by atoms with Crippen LogP contribution in [0.2, 0.25) is 0 Å². The van der Waals surface area contributed by atoms with Crippen molar-refractivity contribution in [1.29, 1.82) is 0 Å². The molecule has 26 heavy (non-hydrogen) atoms. The van der Waals surface area contributed by atoms with Crippen molar-refractivity contribution in [3.05, 3.63) is 97.7 Å². The fourth-order valence-electron chi connectivity index (χ4n) is 1.89. The Morgan fingerprint density at radius 2 is 0.885 bits per heavy atom. The first-order valence-electron chi connectivity index (χ1n) is 9.16. The lowest BCUT2D eigenvalue weighted by Crippen LogP contribution is -1.89. The molecule has 0 aromatic carbocycles. The summed E-state index contributed by atoms with van der Waals surface area (Å²) >= 11 is 0. The number of rotatable bonds is 15. The Kier molecular flexibility index (Phi) is 18.4. The van der Waals surface area contributed by atoms with Gasteiger partial charge in [-0.2, -0.15) is 0 Å². The van der Waals surface area contributed by atoms with Gasteiger partial charge in [-0.3, -0.25) is 4.79 Å². The van der Waals surface area contributed by atoms with E-state index in [0.29, 0.717) is 0 Å². The van der Waals surface area contributed by atoms with Crippen LogP contribution in [0.1, 0.15) is 44.9 Å². The average molecular weight is 353 g/mol. The van der Waals surface area contributed by atoms with Gasteiger partial charge in [-0.05, 0) is 38.5 Å².